The van der Waals surface area contributed by atoms with Crippen LogP contribution in [-0.4, -0.2) is 34.3 Å². The Morgan fingerprint density at radius 2 is 1.79 bits per heavy atom. The zero-order valence-corrected chi connectivity index (χ0v) is 19.0. The van der Waals surface area contributed by atoms with Crippen molar-refractivity contribution >= 4 is 21.6 Å². The van der Waals surface area contributed by atoms with E-state index in [-0.39, 0.29) is 23.9 Å². The zero-order valence-electron chi connectivity index (χ0n) is 18.2. The first-order chi connectivity index (χ1) is 15.9. The first kappa shape index (κ1) is 22.6. The Labute approximate surface area is 192 Å². The quantitative estimate of drug-likeness (QED) is 0.526. The van der Waals surface area contributed by atoms with Crippen LogP contribution >= 0.6 is 0 Å². The number of amides is 1. The lowest BCUT2D eigenvalue weighted by Gasteiger charge is -2.20. The van der Waals surface area contributed by atoms with Crippen molar-refractivity contribution in [1.82, 2.24) is 4.72 Å². The van der Waals surface area contributed by atoms with Crippen LogP contribution in [0.25, 0.3) is 0 Å². The summed E-state index contributed by atoms with van der Waals surface area (Å²) in [7, 11) is -2.67. The maximum atomic E-state index is 13.3. The highest BCUT2D eigenvalue weighted by molar-refractivity contribution is 7.89. The Kier molecular flexibility index (Phi) is 6.52. The molecule has 1 unspecified atom stereocenters. The van der Waals surface area contributed by atoms with Crippen LogP contribution in [-0.2, 0) is 21.2 Å². The third kappa shape index (κ3) is 5.27. The third-order valence-corrected chi connectivity index (χ3v) is 6.64. The molecule has 1 heterocycles. The fourth-order valence-corrected chi connectivity index (χ4v) is 4.94. The van der Waals surface area contributed by atoms with Gasteiger partial charge >= 0.3 is 0 Å². The number of sulfonamides is 1. The van der Waals surface area contributed by atoms with E-state index in [4.69, 9.17) is 14.2 Å². The average Bonchev–Trinajstić information content (AvgIpc) is 3.27. The van der Waals surface area contributed by atoms with E-state index in [1.807, 2.05) is 30.3 Å². The van der Waals surface area contributed by atoms with Crippen LogP contribution in [0.2, 0.25) is 0 Å². The molecule has 1 aliphatic rings. The molecule has 0 fully saturated rings. The number of methoxy groups -OCH3 is 1. The molecule has 0 radical (unpaired) electrons. The van der Waals surface area contributed by atoms with E-state index in [1.54, 1.807) is 37.3 Å². The first-order valence-corrected chi connectivity index (χ1v) is 11.8. The van der Waals surface area contributed by atoms with Gasteiger partial charge < -0.3 is 19.5 Å². The normalized spacial score (nSPS) is 13.4. The standard InChI is InChI=1S/C24H24N2O6S/c1-16-8-10-21(30-2)23(12-16)33(28,29)26-19(13-17-6-4-3-5-7-17)24(27)25-18-9-11-20-22(14-18)32-15-31-20/h3-12,14,19,26H,13,15H2,1-2H3,(H,25,27). The molecule has 8 nitrogen and oxygen atoms in total. The molecule has 1 amide bonds. The van der Waals surface area contributed by atoms with Gasteiger partial charge in [-0.05, 0) is 48.7 Å². The fourth-order valence-electron chi connectivity index (χ4n) is 3.49. The minimum absolute atomic E-state index is 0.0288. The van der Waals surface area contributed by atoms with E-state index in [0.717, 1.165) is 11.1 Å². The predicted molar refractivity (Wildman–Crippen MR) is 123 cm³/mol. The van der Waals surface area contributed by atoms with Crippen molar-refractivity contribution in [3.63, 3.8) is 0 Å². The Balaban J connectivity index is 1.62. The molecule has 0 saturated heterocycles. The number of benzene rings is 3. The Hall–Kier alpha value is -3.56. The lowest BCUT2D eigenvalue weighted by molar-refractivity contribution is -0.117. The predicted octanol–water partition coefficient (Wildman–Crippen LogP) is 3.26. The van der Waals surface area contributed by atoms with Crippen LogP contribution in [0, 0.1) is 6.92 Å². The van der Waals surface area contributed by atoms with Crippen molar-refractivity contribution in [1.29, 1.82) is 0 Å². The number of hydrogen-bond acceptors (Lipinski definition) is 6. The minimum atomic E-state index is -4.07. The van der Waals surface area contributed by atoms with Gasteiger partial charge in [0.15, 0.2) is 11.5 Å². The molecule has 0 aliphatic carbocycles. The first-order valence-electron chi connectivity index (χ1n) is 10.3. The van der Waals surface area contributed by atoms with E-state index in [2.05, 4.69) is 10.0 Å². The largest absolute Gasteiger partial charge is 0.495 e. The van der Waals surface area contributed by atoms with Crippen LogP contribution in [0.3, 0.4) is 0 Å². The van der Waals surface area contributed by atoms with E-state index >= 15 is 0 Å². The number of hydrogen-bond donors (Lipinski definition) is 2. The van der Waals surface area contributed by atoms with Crippen LogP contribution < -0.4 is 24.2 Å². The van der Waals surface area contributed by atoms with E-state index in [1.165, 1.54) is 13.2 Å². The van der Waals surface area contributed by atoms with Crippen LogP contribution in [0.5, 0.6) is 17.2 Å². The van der Waals surface area contributed by atoms with E-state index < -0.39 is 22.0 Å². The van der Waals surface area contributed by atoms with Gasteiger partial charge in [-0.15, -0.1) is 0 Å². The average molecular weight is 469 g/mol. The third-order valence-electron chi connectivity index (χ3n) is 5.15. The molecule has 33 heavy (non-hydrogen) atoms. The van der Waals surface area contributed by atoms with Crippen LogP contribution in [0.15, 0.2) is 71.6 Å². The number of rotatable bonds is 8. The maximum Gasteiger partial charge on any atom is 0.245 e. The lowest BCUT2D eigenvalue weighted by Crippen LogP contribution is -2.45. The summed E-state index contributed by atoms with van der Waals surface area (Å²) < 4.78 is 45.0. The lowest BCUT2D eigenvalue weighted by atomic mass is 10.1. The molecule has 2 N–H and O–H groups in total. The van der Waals surface area contributed by atoms with Crippen molar-refractivity contribution in [3.8, 4) is 17.2 Å². The summed E-state index contributed by atoms with van der Waals surface area (Å²) in [6.07, 6.45) is 0.157. The van der Waals surface area contributed by atoms with Crippen molar-refractivity contribution in [2.75, 3.05) is 19.2 Å². The summed E-state index contributed by atoms with van der Waals surface area (Å²) in [4.78, 5) is 13.2. The van der Waals surface area contributed by atoms with Crippen molar-refractivity contribution in [3.05, 3.63) is 77.9 Å². The topological polar surface area (TPSA) is 103 Å². The minimum Gasteiger partial charge on any atom is -0.495 e. The second-order valence-electron chi connectivity index (χ2n) is 7.58. The summed E-state index contributed by atoms with van der Waals surface area (Å²) in [6.45, 7) is 1.90. The van der Waals surface area contributed by atoms with Crippen LogP contribution in [0.4, 0.5) is 5.69 Å². The highest BCUT2D eigenvalue weighted by atomic mass is 32.2. The van der Waals surface area contributed by atoms with Crippen molar-refractivity contribution in [2.24, 2.45) is 0 Å². The summed E-state index contributed by atoms with van der Waals surface area (Å²) in [6, 6.07) is 18.0. The summed E-state index contributed by atoms with van der Waals surface area (Å²) >= 11 is 0. The molecular formula is C24H24N2O6S. The van der Waals surface area contributed by atoms with Crippen molar-refractivity contribution in [2.45, 2.75) is 24.3 Å². The fraction of sp³-hybridized carbons (Fsp3) is 0.208. The van der Waals surface area contributed by atoms with Crippen LogP contribution in [0.1, 0.15) is 11.1 Å². The summed E-state index contributed by atoms with van der Waals surface area (Å²) in [5, 5.41) is 2.77. The van der Waals surface area contributed by atoms with Gasteiger partial charge in [0, 0.05) is 11.8 Å². The number of nitrogens with one attached hydrogen (secondary N) is 2. The zero-order chi connectivity index (χ0) is 23.4. The Morgan fingerprint density at radius 1 is 1.03 bits per heavy atom. The van der Waals surface area contributed by atoms with Gasteiger partial charge in [-0.3, -0.25) is 4.79 Å². The number of anilines is 1. The summed E-state index contributed by atoms with van der Waals surface area (Å²) in [5.41, 5.74) is 2.03. The van der Waals surface area contributed by atoms with Gasteiger partial charge in [0.05, 0.1) is 7.11 Å². The SMILES string of the molecule is COc1ccc(C)cc1S(=O)(=O)NC(Cc1ccccc1)C(=O)Nc1ccc2c(c1)OCO2. The highest BCUT2D eigenvalue weighted by Gasteiger charge is 2.29. The number of ether oxygens (including phenoxy) is 3. The van der Waals surface area contributed by atoms with Gasteiger partial charge in [-0.2, -0.15) is 4.72 Å². The van der Waals surface area contributed by atoms with E-state index in [9.17, 15) is 13.2 Å². The van der Waals surface area contributed by atoms with Gasteiger partial charge in [0.2, 0.25) is 22.7 Å². The van der Waals surface area contributed by atoms with Gasteiger partial charge in [0.1, 0.15) is 16.7 Å². The molecule has 0 aromatic heterocycles. The number of carbonyl (C=O) groups is 1. The molecule has 0 saturated carbocycles. The van der Waals surface area contributed by atoms with Gasteiger partial charge in [-0.25, -0.2) is 8.42 Å². The second kappa shape index (κ2) is 9.51. The Bertz CT molecular complexity index is 1260. The molecule has 1 atom stereocenters. The Morgan fingerprint density at radius 3 is 2.55 bits per heavy atom. The molecule has 172 valence electrons. The molecule has 4 rings (SSSR count). The number of aryl methyl sites for hydroxylation is 1. The monoisotopic (exact) mass is 468 g/mol. The van der Waals surface area contributed by atoms with Gasteiger partial charge in [-0.1, -0.05) is 36.4 Å². The molecule has 3 aromatic carbocycles. The molecule has 9 heteroatoms. The molecule has 3 aromatic rings. The summed E-state index contributed by atoms with van der Waals surface area (Å²) in [5.74, 6) is 0.786. The number of carbonyl (C=O) groups excluding carboxylic acids is 1. The molecule has 1 aliphatic heterocycles. The second-order valence-corrected chi connectivity index (χ2v) is 9.26. The van der Waals surface area contributed by atoms with E-state index in [0.29, 0.717) is 17.2 Å². The molecular weight excluding hydrogens is 444 g/mol. The maximum absolute atomic E-state index is 13.3. The van der Waals surface area contributed by atoms with Gasteiger partial charge in [0.25, 0.3) is 0 Å². The molecule has 0 spiro atoms. The number of fused-ring (bicyclic) bond motifs is 1. The van der Waals surface area contributed by atoms with Crippen molar-refractivity contribution < 1.29 is 27.4 Å². The highest BCUT2D eigenvalue weighted by Crippen LogP contribution is 2.34. The molecule has 0 bridgehead atoms. The smallest absolute Gasteiger partial charge is 0.245 e.